The van der Waals surface area contributed by atoms with Crippen LogP contribution in [0.5, 0.6) is 0 Å². The summed E-state index contributed by atoms with van der Waals surface area (Å²) < 4.78 is 1.51. The number of pyridine rings is 1. The highest BCUT2D eigenvalue weighted by Crippen LogP contribution is 2.03. The van der Waals surface area contributed by atoms with E-state index < -0.39 is 11.5 Å². The van der Waals surface area contributed by atoms with Crippen molar-refractivity contribution in [2.45, 2.75) is 27.3 Å². The number of aromatic carboxylic acids is 1. The predicted molar refractivity (Wildman–Crippen MR) is 57.2 cm³/mol. The van der Waals surface area contributed by atoms with Gasteiger partial charge in [0.15, 0.2) is 0 Å². The average molecular weight is 209 g/mol. The summed E-state index contributed by atoms with van der Waals surface area (Å²) in [7, 11) is 0. The van der Waals surface area contributed by atoms with Crippen LogP contribution in [-0.2, 0) is 6.54 Å². The Kier molecular flexibility index (Phi) is 3.29. The number of rotatable bonds is 3. The van der Waals surface area contributed by atoms with E-state index in [0.29, 0.717) is 12.5 Å². The van der Waals surface area contributed by atoms with E-state index in [1.54, 1.807) is 13.0 Å². The number of hydrogen-bond acceptors (Lipinski definition) is 2. The molecular weight excluding hydrogens is 194 g/mol. The van der Waals surface area contributed by atoms with Gasteiger partial charge in [0.2, 0.25) is 0 Å². The second-order valence-electron chi connectivity index (χ2n) is 4.00. The summed E-state index contributed by atoms with van der Waals surface area (Å²) >= 11 is 0. The number of carboxylic acid groups (broad SMARTS) is 1. The summed E-state index contributed by atoms with van der Waals surface area (Å²) in [5.74, 6) is -0.858. The van der Waals surface area contributed by atoms with Crippen molar-refractivity contribution >= 4 is 5.97 Å². The Morgan fingerprint density at radius 2 is 2.07 bits per heavy atom. The van der Waals surface area contributed by atoms with Crippen LogP contribution < -0.4 is 5.56 Å². The Balaban J connectivity index is 3.31. The summed E-state index contributed by atoms with van der Waals surface area (Å²) in [5.41, 5.74) is 0.205. The van der Waals surface area contributed by atoms with Gasteiger partial charge in [0.25, 0.3) is 5.56 Å². The van der Waals surface area contributed by atoms with Crippen LogP contribution in [0, 0.1) is 12.8 Å². The van der Waals surface area contributed by atoms with E-state index in [9.17, 15) is 9.59 Å². The van der Waals surface area contributed by atoms with Crippen LogP contribution >= 0.6 is 0 Å². The summed E-state index contributed by atoms with van der Waals surface area (Å²) in [5, 5.41) is 8.80. The Hall–Kier alpha value is -1.58. The Morgan fingerprint density at radius 1 is 1.47 bits per heavy atom. The van der Waals surface area contributed by atoms with Crippen LogP contribution in [0.25, 0.3) is 0 Å². The van der Waals surface area contributed by atoms with Gasteiger partial charge < -0.3 is 9.67 Å². The van der Waals surface area contributed by atoms with Crippen LogP contribution in [0.15, 0.2) is 16.9 Å². The summed E-state index contributed by atoms with van der Waals surface area (Å²) in [6.07, 6.45) is 0. The highest BCUT2D eigenvalue weighted by Gasteiger charge is 2.12. The van der Waals surface area contributed by atoms with Crippen LogP contribution in [0.1, 0.15) is 29.9 Å². The van der Waals surface area contributed by atoms with Gasteiger partial charge in [-0.1, -0.05) is 13.8 Å². The molecule has 0 saturated heterocycles. The fraction of sp³-hybridized carbons (Fsp3) is 0.455. The Labute approximate surface area is 88.2 Å². The van der Waals surface area contributed by atoms with Crippen molar-refractivity contribution in [3.05, 3.63) is 33.7 Å². The van der Waals surface area contributed by atoms with Crippen molar-refractivity contribution in [3.63, 3.8) is 0 Å². The molecule has 0 fully saturated rings. The van der Waals surface area contributed by atoms with Crippen LogP contribution in [0.2, 0.25) is 0 Å². The number of carbonyl (C=O) groups is 1. The zero-order valence-electron chi connectivity index (χ0n) is 9.15. The third-order valence-corrected chi connectivity index (χ3v) is 2.17. The van der Waals surface area contributed by atoms with Crippen molar-refractivity contribution in [3.8, 4) is 0 Å². The second kappa shape index (κ2) is 4.29. The summed E-state index contributed by atoms with van der Waals surface area (Å²) in [6, 6.07) is 3.02. The molecule has 15 heavy (non-hydrogen) atoms. The second-order valence-corrected chi connectivity index (χ2v) is 4.00. The molecule has 0 saturated carbocycles. The maximum Gasteiger partial charge on any atom is 0.341 e. The number of aryl methyl sites for hydroxylation is 1. The molecular formula is C11H15NO3. The van der Waals surface area contributed by atoms with E-state index in [1.165, 1.54) is 10.6 Å². The van der Waals surface area contributed by atoms with Gasteiger partial charge in [-0.2, -0.15) is 0 Å². The third-order valence-electron chi connectivity index (χ3n) is 2.17. The molecule has 0 spiro atoms. The molecule has 4 heteroatoms. The molecule has 82 valence electrons. The van der Waals surface area contributed by atoms with Gasteiger partial charge in [-0.15, -0.1) is 0 Å². The Bertz CT molecular complexity index is 432. The Morgan fingerprint density at radius 3 is 2.53 bits per heavy atom. The topological polar surface area (TPSA) is 59.3 Å². The monoisotopic (exact) mass is 209 g/mol. The lowest BCUT2D eigenvalue weighted by Crippen LogP contribution is -2.29. The quantitative estimate of drug-likeness (QED) is 0.820. The van der Waals surface area contributed by atoms with E-state index >= 15 is 0 Å². The maximum atomic E-state index is 11.7. The molecule has 0 bridgehead atoms. The molecule has 1 aromatic rings. The minimum atomic E-state index is -1.17. The minimum Gasteiger partial charge on any atom is -0.477 e. The summed E-state index contributed by atoms with van der Waals surface area (Å²) in [6.45, 7) is 6.32. The normalized spacial score (nSPS) is 10.7. The van der Waals surface area contributed by atoms with Gasteiger partial charge in [-0.05, 0) is 25.0 Å². The molecule has 0 aliphatic rings. The van der Waals surface area contributed by atoms with E-state index in [1.807, 2.05) is 13.8 Å². The predicted octanol–water partition coefficient (Wildman–Crippen LogP) is 1.51. The van der Waals surface area contributed by atoms with E-state index in [4.69, 9.17) is 5.11 Å². The lowest BCUT2D eigenvalue weighted by Gasteiger charge is -2.12. The third kappa shape index (κ3) is 2.46. The largest absolute Gasteiger partial charge is 0.477 e. The highest BCUT2D eigenvalue weighted by molar-refractivity contribution is 5.87. The molecule has 0 radical (unpaired) electrons. The van der Waals surface area contributed by atoms with Gasteiger partial charge in [0, 0.05) is 12.2 Å². The SMILES string of the molecule is Cc1ccc(C(=O)O)c(=O)n1CC(C)C. The number of carboxylic acids is 1. The number of nitrogens with zero attached hydrogens (tertiary/aromatic N) is 1. The first-order chi connectivity index (χ1) is 6.93. The number of aromatic nitrogens is 1. The smallest absolute Gasteiger partial charge is 0.341 e. The van der Waals surface area contributed by atoms with Crippen molar-refractivity contribution in [1.29, 1.82) is 0 Å². The fourth-order valence-electron chi connectivity index (χ4n) is 1.43. The standard InChI is InChI=1S/C11H15NO3/c1-7(2)6-12-8(3)4-5-9(10(12)13)11(14)15/h4-5,7H,6H2,1-3H3,(H,14,15). The zero-order valence-corrected chi connectivity index (χ0v) is 9.15. The van der Waals surface area contributed by atoms with Gasteiger partial charge in [-0.3, -0.25) is 4.79 Å². The van der Waals surface area contributed by atoms with Crippen molar-refractivity contribution in [2.24, 2.45) is 5.92 Å². The molecule has 1 rings (SSSR count). The van der Waals surface area contributed by atoms with Crippen LogP contribution in [0.4, 0.5) is 0 Å². The van der Waals surface area contributed by atoms with E-state index in [-0.39, 0.29) is 5.56 Å². The van der Waals surface area contributed by atoms with E-state index in [0.717, 1.165) is 5.69 Å². The summed E-state index contributed by atoms with van der Waals surface area (Å²) in [4.78, 5) is 22.5. The lowest BCUT2D eigenvalue weighted by molar-refractivity contribution is 0.0694. The molecule has 0 atom stereocenters. The average Bonchev–Trinajstić information content (AvgIpc) is 2.11. The van der Waals surface area contributed by atoms with Gasteiger partial charge in [0.05, 0.1) is 0 Å². The van der Waals surface area contributed by atoms with Gasteiger partial charge in [-0.25, -0.2) is 4.79 Å². The first-order valence-electron chi connectivity index (χ1n) is 4.87. The van der Waals surface area contributed by atoms with Crippen LogP contribution in [0.3, 0.4) is 0 Å². The van der Waals surface area contributed by atoms with Crippen molar-refractivity contribution in [2.75, 3.05) is 0 Å². The molecule has 0 amide bonds. The molecule has 1 heterocycles. The maximum absolute atomic E-state index is 11.7. The zero-order chi connectivity index (χ0) is 11.6. The molecule has 0 aliphatic heterocycles. The first-order valence-corrected chi connectivity index (χ1v) is 4.87. The molecule has 0 unspecified atom stereocenters. The molecule has 0 aliphatic carbocycles. The number of hydrogen-bond donors (Lipinski definition) is 1. The minimum absolute atomic E-state index is 0.166. The first kappa shape index (κ1) is 11.5. The van der Waals surface area contributed by atoms with Gasteiger partial charge >= 0.3 is 5.97 Å². The molecule has 4 nitrogen and oxygen atoms in total. The van der Waals surface area contributed by atoms with Gasteiger partial charge in [0.1, 0.15) is 5.56 Å². The fourth-order valence-corrected chi connectivity index (χ4v) is 1.43. The van der Waals surface area contributed by atoms with E-state index in [2.05, 4.69) is 0 Å². The lowest BCUT2D eigenvalue weighted by atomic mass is 10.2. The molecule has 0 aromatic carbocycles. The van der Waals surface area contributed by atoms with Crippen LogP contribution in [-0.4, -0.2) is 15.6 Å². The van der Waals surface area contributed by atoms with Crippen molar-refractivity contribution < 1.29 is 9.90 Å². The molecule has 1 N–H and O–H groups in total. The molecule has 1 aromatic heterocycles. The van der Waals surface area contributed by atoms with Crippen molar-refractivity contribution in [1.82, 2.24) is 4.57 Å². The highest BCUT2D eigenvalue weighted by atomic mass is 16.4.